The summed E-state index contributed by atoms with van der Waals surface area (Å²) < 4.78 is 5.29. The third-order valence-corrected chi connectivity index (χ3v) is 4.02. The number of nitrogens with one attached hydrogen (secondary N) is 2. The number of nitrogens with zero attached hydrogens (tertiary/aromatic N) is 2. The van der Waals surface area contributed by atoms with Gasteiger partial charge in [0.15, 0.2) is 0 Å². The van der Waals surface area contributed by atoms with Crippen LogP contribution in [0.5, 0.6) is 5.75 Å². The lowest BCUT2D eigenvalue weighted by molar-refractivity contribution is 0.102. The molecule has 0 saturated heterocycles. The summed E-state index contributed by atoms with van der Waals surface area (Å²) in [6.45, 7) is 3.52. The molecule has 0 saturated carbocycles. The topological polar surface area (TPSA) is 66.5 Å². The molecular formula is C18H23ClN4O2. The molecule has 1 aromatic carbocycles. The monoisotopic (exact) mass is 362 g/mol. The Balaban J connectivity index is 2.12. The van der Waals surface area contributed by atoms with Gasteiger partial charge in [-0.25, -0.2) is 0 Å². The van der Waals surface area contributed by atoms with Crippen LogP contribution in [-0.2, 0) is 0 Å². The molecule has 0 spiro atoms. The second-order valence-corrected chi connectivity index (χ2v) is 6.36. The van der Waals surface area contributed by atoms with Gasteiger partial charge in [0.1, 0.15) is 5.75 Å². The smallest absolute Gasteiger partial charge is 0.257 e. The average Bonchev–Trinajstić information content (AvgIpc) is 2.57. The lowest BCUT2D eigenvalue weighted by atomic mass is 10.2. The van der Waals surface area contributed by atoms with Gasteiger partial charge in [-0.05, 0) is 38.7 Å². The number of ether oxygens (including phenoxy) is 1. The number of likely N-dealkylation sites (N-methyl/N-ethyl adjacent to an activating group) is 1. The molecule has 0 atom stereocenters. The molecule has 2 N–H and O–H groups in total. The Morgan fingerprint density at radius 1 is 1.28 bits per heavy atom. The van der Waals surface area contributed by atoms with Gasteiger partial charge >= 0.3 is 0 Å². The zero-order valence-electron chi connectivity index (χ0n) is 14.9. The van der Waals surface area contributed by atoms with Crippen molar-refractivity contribution in [3.05, 3.63) is 46.7 Å². The third kappa shape index (κ3) is 5.34. The summed E-state index contributed by atoms with van der Waals surface area (Å²) in [7, 11) is 5.55. The first-order valence-corrected chi connectivity index (χ1v) is 8.27. The molecule has 0 aliphatic rings. The van der Waals surface area contributed by atoms with Crippen molar-refractivity contribution in [3.63, 3.8) is 0 Å². The number of anilines is 2. The number of hydrogen-bond donors (Lipinski definition) is 2. The zero-order valence-corrected chi connectivity index (χ0v) is 15.6. The van der Waals surface area contributed by atoms with Crippen LogP contribution in [0.15, 0.2) is 30.6 Å². The summed E-state index contributed by atoms with van der Waals surface area (Å²) >= 11 is 6.10. The first-order chi connectivity index (χ1) is 11.9. The van der Waals surface area contributed by atoms with Crippen molar-refractivity contribution in [3.8, 4) is 5.75 Å². The molecule has 0 aliphatic carbocycles. The molecular weight excluding hydrogens is 340 g/mol. The van der Waals surface area contributed by atoms with Gasteiger partial charge in [-0.15, -0.1) is 0 Å². The summed E-state index contributed by atoms with van der Waals surface area (Å²) in [5.74, 6) is 0.251. The largest absolute Gasteiger partial charge is 0.495 e. The van der Waals surface area contributed by atoms with Crippen molar-refractivity contribution in [1.82, 2.24) is 9.88 Å². The summed E-state index contributed by atoms with van der Waals surface area (Å²) in [6.07, 6.45) is 3.22. The number of rotatable bonds is 7. The maximum absolute atomic E-state index is 12.5. The molecule has 1 heterocycles. The Bertz CT molecular complexity index is 750. The fraction of sp³-hybridized carbons (Fsp3) is 0.333. The van der Waals surface area contributed by atoms with Crippen LogP contribution in [0.4, 0.5) is 11.4 Å². The number of methoxy groups -OCH3 is 1. The fourth-order valence-corrected chi connectivity index (χ4v) is 2.36. The van der Waals surface area contributed by atoms with Crippen LogP contribution in [-0.4, -0.2) is 50.1 Å². The first-order valence-electron chi connectivity index (χ1n) is 7.90. The maximum Gasteiger partial charge on any atom is 0.257 e. The van der Waals surface area contributed by atoms with E-state index in [1.165, 1.54) is 13.3 Å². The molecule has 134 valence electrons. The molecule has 2 rings (SSSR count). The van der Waals surface area contributed by atoms with Crippen LogP contribution >= 0.6 is 11.6 Å². The minimum absolute atomic E-state index is 0.260. The fourth-order valence-electron chi connectivity index (χ4n) is 2.21. The van der Waals surface area contributed by atoms with Gasteiger partial charge in [-0.1, -0.05) is 11.6 Å². The van der Waals surface area contributed by atoms with E-state index >= 15 is 0 Å². The highest BCUT2D eigenvalue weighted by Gasteiger charge is 2.13. The number of aromatic nitrogens is 1. The summed E-state index contributed by atoms with van der Waals surface area (Å²) in [5.41, 5.74) is 2.69. The molecule has 1 aromatic heterocycles. The minimum atomic E-state index is -0.260. The highest BCUT2D eigenvalue weighted by molar-refractivity contribution is 6.31. The van der Waals surface area contributed by atoms with Gasteiger partial charge in [0.2, 0.25) is 0 Å². The third-order valence-electron chi connectivity index (χ3n) is 3.62. The van der Waals surface area contributed by atoms with Crippen LogP contribution in [0, 0.1) is 6.92 Å². The maximum atomic E-state index is 12.5. The predicted molar refractivity (Wildman–Crippen MR) is 102 cm³/mol. The SMILES string of the molecule is COc1cc(Cl)c(C)cc1NC(=O)c1cncc(NCCN(C)C)c1. The molecule has 6 nitrogen and oxygen atoms in total. The molecule has 1 amide bonds. The van der Waals surface area contributed by atoms with Gasteiger partial charge in [0.25, 0.3) is 5.91 Å². The van der Waals surface area contributed by atoms with Crippen LogP contribution < -0.4 is 15.4 Å². The number of pyridine rings is 1. The summed E-state index contributed by atoms with van der Waals surface area (Å²) in [4.78, 5) is 18.7. The first kappa shape index (κ1) is 19.0. The number of benzene rings is 1. The minimum Gasteiger partial charge on any atom is -0.495 e. The number of carbonyl (C=O) groups excluding carboxylic acids is 1. The molecule has 25 heavy (non-hydrogen) atoms. The standard InChI is InChI=1S/C18H23ClN4O2/c1-12-7-16(17(25-4)9-15(12)19)22-18(24)13-8-14(11-20-10-13)21-5-6-23(2)3/h7-11,21H,5-6H2,1-4H3,(H,22,24). The van der Waals surface area contributed by atoms with Crippen LogP contribution in [0.3, 0.4) is 0 Å². The van der Waals surface area contributed by atoms with Crippen LogP contribution in [0.25, 0.3) is 0 Å². The molecule has 2 aromatic rings. The van der Waals surface area contributed by atoms with E-state index in [0.717, 1.165) is 24.3 Å². The van der Waals surface area contributed by atoms with Crippen LogP contribution in [0.1, 0.15) is 15.9 Å². The van der Waals surface area contributed by atoms with Gasteiger partial charge in [-0.2, -0.15) is 0 Å². The van der Waals surface area contributed by atoms with E-state index in [1.807, 2.05) is 21.0 Å². The van der Waals surface area contributed by atoms with E-state index in [1.54, 1.807) is 24.4 Å². The molecule has 0 fully saturated rings. The normalized spacial score (nSPS) is 10.6. The second kappa shape index (κ2) is 8.69. The summed E-state index contributed by atoms with van der Waals surface area (Å²) in [6, 6.07) is 5.24. The Hall–Kier alpha value is -2.31. The zero-order chi connectivity index (χ0) is 18.4. The Labute approximate surface area is 153 Å². The number of carbonyl (C=O) groups is 1. The van der Waals surface area contributed by atoms with Crippen molar-refractivity contribution >= 4 is 28.9 Å². The Morgan fingerprint density at radius 2 is 2.04 bits per heavy atom. The Kier molecular flexibility index (Phi) is 6.61. The molecule has 0 aliphatic heterocycles. The number of amides is 1. The van der Waals surface area contributed by atoms with Crippen LogP contribution in [0.2, 0.25) is 5.02 Å². The van der Waals surface area contributed by atoms with Crippen molar-refractivity contribution in [2.24, 2.45) is 0 Å². The highest BCUT2D eigenvalue weighted by Crippen LogP contribution is 2.31. The van der Waals surface area contributed by atoms with Crippen molar-refractivity contribution in [1.29, 1.82) is 0 Å². The predicted octanol–water partition coefficient (Wildman–Crippen LogP) is 3.28. The van der Waals surface area contributed by atoms with Gasteiger partial charge < -0.3 is 20.3 Å². The highest BCUT2D eigenvalue weighted by atomic mass is 35.5. The Morgan fingerprint density at radius 3 is 2.72 bits per heavy atom. The van der Waals surface area contributed by atoms with E-state index < -0.39 is 0 Å². The van der Waals surface area contributed by atoms with E-state index in [2.05, 4.69) is 20.5 Å². The molecule has 0 bridgehead atoms. The van der Waals surface area contributed by atoms with Gasteiger partial charge in [0.05, 0.1) is 24.0 Å². The lowest BCUT2D eigenvalue weighted by Gasteiger charge is -2.13. The number of aryl methyl sites for hydroxylation is 1. The molecule has 7 heteroatoms. The average molecular weight is 363 g/mol. The van der Waals surface area contributed by atoms with Gasteiger partial charge in [0, 0.05) is 36.6 Å². The lowest BCUT2D eigenvalue weighted by Crippen LogP contribution is -2.21. The van der Waals surface area contributed by atoms with Crippen molar-refractivity contribution < 1.29 is 9.53 Å². The quantitative estimate of drug-likeness (QED) is 0.791. The van der Waals surface area contributed by atoms with E-state index in [0.29, 0.717) is 22.0 Å². The molecule has 0 unspecified atom stereocenters. The summed E-state index contributed by atoms with van der Waals surface area (Å²) in [5, 5.41) is 6.68. The molecule has 0 radical (unpaired) electrons. The number of hydrogen-bond acceptors (Lipinski definition) is 5. The van der Waals surface area contributed by atoms with Crippen molar-refractivity contribution in [2.75, 3.05) is 44.9 Å². The second-order valence-electron chi connectivity index (χ2n) is 5.95. The van der Waals surface area contributed by atoms with E-state index in [4.69, 9.17) is 16.3 Å². The van der Waals surface area contributed by atoms with Crippen molar-refractivity contribution in [2.45, 2.75) is 6.92 Å². The van der Waals surface area contributed by atoms with Gasteiger partial charge in [-0.3, -0.25) is 9.78 Å². The van der Waals surface area contributed by atoms with E-state index in [9.17, 15) is 4.79 Å². The number of halogens is 1. The van der Waals surface area contributed by atoms with E-state index in [-0.39, 0.29) is 5.91 Å².